The Hall–Kier alpha value is -2.41. The van der Waals surface area contributed by atoms with Crippen LogP contribution in [0.3, 0.4) is 0 Å². The summed E-state index contributed by atoms with van der Waals surface area (Å²) in [6.07, 6.45) is 3.29. The van der Waals surface area contributed by atoms with E-state index in [9.17, 15) is 18.0 Å². The first-order chi connectivity index (χ1) is 19.1. The number of benzene rings is 1. The highest BCUT2D eigenvalue weighted by Crippen LogP contribution is 2.26. The molecule has 0 spiro atoms. The molecule has 0 aromatic heterocycles. The number of aryl methyl sites for hydroxylation is 2. The highest BCUT2D eigenvalue weighted by molar-refractivity contribution is 7.91. The predicted octanol–water partition coefficient (Wildman–Crippen LogP) is 2.35. The van der Waals surface area contributed by atoms with Crippen molar-refractivity contribution in [2.75, 3.05) is 78.1 Å². The fourth-order valence-corrected chi connectivity index (χ4v) is 7.22. The molecule has 2 saturated heterocycles. The molecule has 2 heterocycles. The van der Waals surface area contributed by atoms with E-state index in [-0.39, 0.29) is 25.0 Å². The average Bonchev–Trinajstić information content (AvgIpc) is 2.91. The van der Waals surface area contributed by atoms with Crippen LogP contribution in [0, 0.1) is 19.8 Å². The zero-order valence-electron chi connectivity index (χ0n) is 24.2. The Morgan fingerprint density at radius 2 is 1.68 bits per heavy atom. The van der Waals surface area contributed by atoms with Gasteiger partial charge < -0.3 is 29.7 Å². The maximum atomic E-state index is 12.9. The van der Waals surface area contributed by atoms with E-state index >= 15 is 0 Å². The van der Waals surface area contributed by atoms with E-state index < -0.39 is 15.9 Å². The Kier molecular flexibility index (Phi) is 12.5. The number of carboxylic acid groups (broad SMARTS) is 1. The fourth-order valence-electron chi connectivity index (χ4n) is 5.56. The number of likely N-dealkylation sites (tertiary alicyclic amines) is 1. The number of sulfone groups is 1. The molecule has 2 aliphatic heterocycles. The van der Waals surface area contributed by atoms with Crippen LogP contribution in [0.5, 0.6) is 5.75 Å². The Morgan fingerprint density at radius 3 is 2.27 bits per heavy atom. The normalized spacial score (nSPS) is 17.3. The van der Waals surface area contributed by atoms with Crippen molar-refractivity contribution in [1.29, 1.82) is 0 Å². The van der Waals surface area contributed by atoms with Crippen LogP contribution in [-0.4, -0.2) is 118 Å². The predicted molar refractivity (Wildman–Crippen MR) is 153 cm³/mol. The van der Waals surface area contributed by atoms with Gasteiger partial charge in [0, 0.05) is 45.8 Å². The van der Waals surface area contributed by atoms with Crippen LogP contribution < -0.4 is 10.1 Å². The van der Waals surface area contributed by atoms with Gasteiger partial charge in [-0.3, -0.25) is 9.69 Å². The van der Waals surface area contributed by atoms with Crippen molar-refractivity contribution >= 4 is 21.8 Å². The van der Waals surface area contributed by atoms with Crippen molar-refractivity contribution in [1.82, 2.24) is 20.0 Å². The molecule has 0 atom stereocenters. The molecular weight excluding hydrogens is 536 g/mol. The number of carbonyl (C=O) groups excluding carboxylic acids is 1. The van der Waals surface area contributed by atoms with E-state index in [1.54, 1.807) is 26.0 Å². The number of carbonyl (C=O) groups is 2. The van der Waals surface area contributed by atoms with Gasteiger partial charge in [0.25, 0.3) is 0 Å². The van der Waals surface area contributed by atoms with Crippen molar-refractivity contribution in [3.05, 3.63) is 23.3 Å². The quantitative estimate of drug-likeness (QED) is 0.318. The molecule has 11 nitrogen and oxygen atoms in total. The van der Waals surface area contributed by atoms with Crippen LogP contribution in [0.2, 0.25) is 0 Å². The maximum Gasteiger partial charge on any atom is 0.407 e. The average molecular weight is 583 g/mol. The molecule has 0 saturated carbocycles. The van der Waals surface area contributed by atoms with Gasteiger partial charge in [-0.05, 0) is 82.2 Å². The van der Waals surface area contributed by atoms with E-state index in [0.717, 1.165) is 45.3 Å². The van der Waals surface area contributed by atoms with Gasteiger partial charge >= 0.3 is 6.09 Å². The summed E-state index contributed by atoms with van der Waals surface area (Å²) in [4.78, 5) is 29.6. The summed E-state index contributed by atoms with van der Waals surface area (Å²) in [6, 6.07) is 3.49. The number of ether oxygens (including phenoxy) is 2. The van der Waals surface area contributed by atoms with Crippen LogP contribution in [0.15, 0.2) is 17.0 Å². The van der Waals surface area contributed by atoms with Crippen molar-refractivity contribution in [3.63, 3.8) is 0 Å². The van der Waals surface area contributed by atoms with E-state index in [1.807, 2.05) is 11.8 Å². The Balaban J connectivity index is 1.26. The molecule has 12 heteroatoms. The minimum atomic E-state index is -3.52. The molecule has 0 aliphatic carbocycles. The molecule has 2 amide bonds. The lowest BCUT2D eigenvalue weighted by atomic mass is 9.92. The second-order valence-corrected chi connectivity index (χ2v) is 12.6. The zero-order chi connectivity index (χ0) is 29.1. The van der Waals surface area contributed by atoms with Crippen LogP contribution >= 0.6 is 0 Å². The topological polar surface area (TPSA) is 129 Å². The smallest absolute Gasteiger partial charge is 0.407 e. The standard InChI is InChI=1S/C28H46N4O7S/c1-4-39-25-18-22(2)27(23(3)19-25)40(36,37)21-29-9-17-38-20-26(33)31-15-13-30(14-16-31)10-5-6-24-7-11-32(12-8-24)28(34)35/h18-19,24,29H,4-17,20-21H2,1-3H3,(H,34,35). The Labute approximate surface area is 238 Å². The first-order valence-electron chi connectivity index (χ1n) is 14.3. The van der Waals surface area contributed by atoms with Gasteiger partial charge in [0.2, 0.25) is 5.91 Å². The molecule has 2 aliphatic rings. The molecule has 40 heavy (non-hydrogen) atoms. The highest BCUT2D eigenvalue weighted by atomic mass is 32.2. The van der Waals surface area contributed by atoms with Crippen LogP contribution in [-0.2, 0) is 19.4 Å². The van der Waals surface area contributed by atoms with E-state index in [2.05, 4.69) is 10.2 Å². The van der Waals surface area contributed by atoms with Gasteiger partial charge in [-0.25, -0.2) is 13.2 Å². The van der Waals surface area contributed by atoms with E-state index in [0.29, 0.717) is 67.0 Å². The molecule has 3 rings (SSSR count). The molecule has 0 radical (unpaired) electrons. The van der Waals surface area contributed by atoms with Gasteiger partial charge in [-0.2, -0.15) is 0 Å². The minimum absolute atomic E-state index is 0.0133. The Morgan fingerprint density at radius 1 is 1.02 bits per heavy atom. The van der Waals surface area contributed by atoms with Crippen LogP contribution in [0.1, 0.15) is 43.7 Å². The number of nitrogens with one attached hydrogen (secondary N) is 1. The molecule has 226 valence electrons. The van der Waals surface area contributed by atoms with Gasteiger partial charge in [-0.1, -0.05) is 0 Å². The van der Waals surface area contributed by atoms with Gasteiger partial charge in [0.1, 0.15) is 18.2 Å². The molecule has 0 unspecified atom stereocenters. The SMILES string of the molecule is CCOc1cc(C)c(S(=O)(=O)CNCCOCC(=O)N2CCN(CCCC3CCN(C(=O)O)CC3)CC2)c(C)c1. The number of hydrogen-bond acceptors (Lipinski definition) is 8. The lowest BCUT2D eigenvalue weighted by Crippen LogP contribution is -2.50. The number of nitrogens with zero attached hydrogens (tertiary/aromatic N) is 3. The Bertz CT molecular complexity index is 1060. The highest BCUT2D eigenvalue weighted by Gasteiger charge is 2.24. The molecule has 0 bridgehead atoms. The first kappa shape index (κ1) is 32.1. The monoisotopic (exact) mass is 582 g/mol. The number of rotatable bonds is 14. The molecular formula is C28H46N4O7S. The number of piperidine rings is 1. The summed E-state index contributed by atoms with van der Waals surface area (Å²) in [5.41, 5.74) is 1.32. The molecule has 2 N–H and O–H groups in total. The van der Waals surface area contributed by atoms with Crippen LogP contribution in [0.4, 0.5) is 4.79 Å². The number of amides is 2. The lowest BCUT2D eigenvalue weighted by Gasteiger charge is -2.35. The van der Waals surface area contributed by atoms with Crippen LogP contribution in [0.25, 0.3) is 0 Å². The second kappa shape index (κ2) is 15.6. The largest absolute Gasteiger partial charge is 0.494 e. The fraction of sp³-hybridized carbons (Fsp3) is 0.714. The summed E-state index contributed by atoms with van der Waals surface area (Å²) in [5, 5.41) is 12.0. The van der Waals surface area contributed by atoms with Crippen molar-refractivity contribution in [2.24, 2.45) is 5.92 Å². The van der Waals surface area contributed by atoms with E-state index in [4.69, 9.17) is 14.6 Å². The summed E-state index contributed by atoms with van der Waals surface area (Å²) in [5.74, 6) is 1.02. The third-order valence-electron chi connectivity index (χ3n) is 7.69. The second-order valence-electron chi connectivity index (χ2n) is 10.7. The van der Waals surface area contributed by atoms with Crippen molar-refractivity contribution in [2.45, 2.75) is 51.3 Å². The van der Waals surface area contributed by atoms with Gasteiger partial charge in [0.15, 0.2) is 9.84 Å². The van der Waals surface area contributed by atoms with Gasteiger partial charge in [-0.15, -0.1) is 0 Å². The van der Waals surface area contributed by atoms with Crippen molar-refractivity contribution in [3.8, 4) is 5.75 Å². The molecule has 1 aromatic rings. The minimum Gasteiger partial charge on any atom is -0.494 e. The van der Waals surface area contributed by atoms with Crippen molar-refractivity contribution < 1.29 is 32.6 Å². The zero-order valence-corrected chi connectivity index (χ0v) is 25.0. The lowest BCUT2D eigenvalue weighted by molar-refractivity contribution is -0.137. The summed E-state index contributed by atoms with van der Waals surface area (Å²) < 4.78 is 36.8. The third kappa shape index (κ3) is 9.60. The first-order valence-corrected chi connectivity index (χ1v) is 16.0. The summed E-state index contributed by atoms with van der Waals surface area (Å²) in [7, 11) is -3.52. The number of piperazine rings is 1. The molecule has 2 fully saturated rings. The van der Waals surface area contributed by atoms with E-state index in [1.165, 1.54) is 4.90 Å². The number of hydrogen-bond donors (Lipinski definition) is 2. The summed E-state index contributed by atoms with van der Waals surface area (Å²) in [6.45, 7) is 11.8. The van der Waals surface area contributed by atoms with Gasteiger partial charge in [0.05, 0.1) is 18.1 Å². The summed E-state index contributed by atoms with van der Waals surface area (Å²) >= 11 is 0. The maximum absolute atomic E-state index is 12.9. The third-order valence-corrected chi connectivity index (χ3v) is 9.54. The molecule has 1 aromatic carbocycles.